The second kappa shape index (κ2) is 1.77. The van der Waals surface area contributed by atoms with Crippen molar-refractivity contribution in [2.45, 2.75) is 0 Å². The van der Waals surface area contributed by atoms with Crippen molar-refractivity contribution in [3.05, 3.63) is 23.8 Å². The Morgan fingerprint density at radius 1 is 1.22 bits per heavy atom. The van der Waals surface area contributed by atoms with Crippen LogP contribution in [0.15, 0.2) is 23.8 Å². The normalized spacial score (nSPS) is 10.2. The Morgan fingerprint density at radius 3 is 3.00 bits per heavy atom. The van der Waals surface area contributed by atoms with Crippen molar-refractivity contribution in [2.24, 2.45) is 0 Å². The van der Waals surface area contributed by atoms with Gasteiger partial charge in [-0.3, -0.25) is 4.98 Å². The molecule has 0 aromatic carbocycles. The number of thiophene rings is 1. The molecule has 2 aromatic heterocycles. The molecule has 0 aliphatic heterocycles. The van der Waals surface area contributed by atoms with Gasteiger partial charge in [-0.1, -0.05) is 0 Å². The van der Waals surface area contributed by atoms with Gasteiger partial charge in [0, 0.05) is 12.4 Å². The van der Waals surface area contributed by atoms with E-state index in [-0.39, 0.29) is 0 Å². The van der Waals surface area contributed by atoms with Crippen LogP contribution in [0, 0.1) is 0 Å². The average Bonchev–Trinajstić information content (AvgIpc) is 2.33. The van der Waals surface area contributed by atoms with Crippen LogP contribution in [0.25, 0.3) is 10.3 Å². The van der Waals surface area contributed by atoms with Crippen molar-refractivity contribution in [1.29, 1.82) is 0 Å². The molecule has 2 heterocycles. The highest BCUT2D eigenvalue weighted by molar-refractivity contribution is 7.16. The summed E-state index contributed by atoms with van der Waals surface area (Å²) in [5.74, 6) is 0. The molecule has 2 aromatic rings. The minimum Gasteiger partial charge on any atom is -0.252 e. The van der Waals surface area contributed by atoms with Crippen molar-refractivity contribution in [3.8, 4) is 0 Å². The van der Waals surface area contributed by atoms with E-state index in [1.54, 1.807) is 23.7 Å². The molecule has 0 aliphatic carbocycles. The monoisotopic (exact) mass is 136 g/mol. The molecule has 0 amide bonds. The van der Waals surface area contributed by atoms with Crippen LogP contribution in [0.4, 0.5) is 0 Å². The highest BCUT2D eigenvalue weighted by Crippen LogP contribution is 2.13. The van der Waals surface area contributed by atoms with Crippen molar-refractivity contribution < 1.29 is 0 Å². The van der Waals surface area contributed by atoms with E-state index in [1.165, 1.54) is 0 Å². The number of nitrogens with zero attached hydrogens (tertiary/aromatic N) is 2. The van der Waals surface area contributed by atoms with Crippen LogP contribution in [0.1, 0.15) is 0 Å². The zero-order chi connectivity index (χ0) is 6.10. The molecule has 2 nitrogen and oxygen atoms in total. The topological polar surface area (TPSA) is 25.8 Å². The van der Waals surface area contributed by atoms with Crippen molar-refractivity contribution in [2.75, 3.05) is 0 Å². The number of aromatic nitrogens is 2. The van der Waals surface area contributed by atoms with Gasteiger partial charge < -0.3 is 0 Å². The molecule has 9 heavy (non-hydrogen) atoms. The maximum Gasteiger partial charge on any atom is 0.141 e. The fourth-order valence-electron chi connectivity index (χ4n) is 0.704. The summed E-state index contributed by atoms with van der Waals surface area (Å²) in [5.41, 5.74) is 0.988. The maximum absolute atomic E-state index is 4.10. The summed E-state index contributed by atoms with van der Waals surface area (Å²) >= 11 is 1.61. The summed E-state index contributed by atoms with van der Waals surface area (Å²) < 4.78 is 0. The molecular weight excluding hydrogens is 132 g/mol. The van der Waals surface area contributed by atoms with Crippen LogP contribution in [-0.2, 0) is 0 Å². The molecule has 0 saturated heterocycles. The van der Waals surface area contributed by atoms with Crippen molar-refractivity contribution in [3.63, 3.8) is 0 Å². The number of fused-ring (bicyclic) bond motifs is 1. The van der Waals surface area contributed by atoms with Crippen molar-refractivity contribution in [1.82, 2.24) is 9.97 Å². The predicted molar refractivity (Wildman–Crippen MR) is 37.4 cm³/mol. The quantitative estimate of drug-likeness (QED) is 0.550. The summed E-state index contributed by atoms with van der Waals surface area (Å²) in [6, 6.07) is 1.97. The van der Waals surface area contributed by atoms with E-state index in [4.69, 9.17) is 0 Å². The summed E-state index contributed by atoms with van der Waals surface area (Å²) in [6.07, 6.45) is 3.41. The van der Waals surface area contributed by atoms with Crippen LogP contribution >= 0.6 is 11.3 Å². The SMILES string of the molecule is c1cnc2sccc2n1. The lowest BCUT2D eigenvalue weighted by Gasteiger charge is -1.81. The fourth-order valence-corrected chi connectivity index (χ4v) is 1.39. The van der Waals surface area contributed by atoms with E-state index in [0.717, 1.165) is 10.3 Å². The minimum atomic E-state index is 0.988. The molecule has 0 saturated carbocycles. The van der Waals surface area contributed by atoms with Gasteiger partial charge in [0.15, 0.2) is 0 Å². The highest BCUT2D eigenvalue weighted by Gasteiger charge is 1.91. The first-order valence-corrected chi connectivity index (χ1v) is 3.49. The van der Waals surface area contributed by atoms with E-state index in [9.17, 15) is 0 Å². The molecule has 0 unspecified atom stereocenters. The van der Waals surface area contributed by atoms with E-state index in [0.29, 0.717) is 0 Å². The Kier molecular flexibility index (Phi) is 0.960. The number of hydrogen-bond acceptors (Lipinski definition) is 3. The summed E-state index contributed by atoms with van der Waals surface area (Å²) in [6.45, 7) is 0. The molecule has 0 bridgehead atoms. The summed E-state index contributed by atoms with van der Waals surface area (Å²) in [4.78, 5) is 9.20. The van der Waals surface area contributed by atoms with Crippen LogP contribution in [0.5, 0.6) is 0 Å². The first-order chi connectivity index (χ1) is 4.47. The Hall–Kier alpha value is -0.960. The fraction of sp³-hybridized carbons (Fsp3) is 0. The van der Waals surface area contributed by atoms with Gasteiger partial charge in [-0.15, -0.1) is 11.3 Å². The van der Waals surface area contributed by atoms with Crippen LogP contribution < -0.4 is 0 Å². The van der Waals surface area contributed by atoms with Crippen LogP contribution in [-0.4, -0.2) is 9.97 Å². The van der Waals surface area contributed by atoms with Gasteiger partial charge in [-0.2, -0.15) is 0 Å². The van der Waals surface area contributed by atoms with Gasteiger partial charge in [-0.05, 0) is 11.4 Å². The Balaban J connectivity index is 2.95. The zero-order valence-corrected chi connectivity index (χ0v) is 5.43. The van der Waals surface area contributed by atoms with Crippen LogP contribution in [0.3, 0.4) is 0 Å². The molecular formula is C6H4N2S. The third-order valence-corrected chi connectivity index (χ3v) is 1.91. The molecule has 2 rings (SSSR count). The number of hydrogen-bond donors (Lipinski definition) is 0. The largest absolute Gasteiger partial charge is 0.252 e. The molecule has 0 N–H and O–H groups in total. The lowest BCUT2D eigenvalue weighted by Crippen LogP contribution is -1.72. The van der Waals surface area contributed by atoms with Gasteiger partial charge in [0.2, 0.25) is 0 Å². The van der Waals surface area contributed by atoms with E-state index < -0.39 is 0 Å². The molecule has 0 aliphatic rings. The van der Waals surface area contributed by atoms with E-state index >= 15 is 0 Å². The predicted octanol–water partition coefficient (Wildman–Crippen LogP) is 1.69. The second-order valence-electron chi connectivity index (χ2n) is 1.67. The second-order valence-corrected chi connectivity index (χ2v) is 2.56. The molecule has 0 atom stereocenters. The lowest BCUT2D eigenvalue weighted by molar-refractivity contribution is 1.32. The standard InChI is InChI=1S/C6H4N2S/c1-4-9-6-5(1)7-2-3-8-6/h1-4H. The molecule has 0 spiro atoms. The van der Waals surface area contributed by atoms with E-state index in [1.807, 2.05) is 11.4 Å². The van der Waals surface area contributed by atoms with Gasteiger partial charge in [0.25, 0.3) is 0 Å². The first-order valence-electron chi connectivity index (χ1n) is 2.61. The Bertz CT molecular complexity index is 285. The van der Waals surface area contributed by atoms with Gasteiger partial charge in [0.1, 0.15) is 4.83 Å². The highest BCUT2D eigenvalue weighted by atomic mass is 32.1. The van der Waals surface area contributed by atoms with Crippen molar-refractivity contribution >= 4 is 21.7 Å². The average molecular weight is 136 g/mol. The molecule has 44 valence electrons. The lowest BCUT2D eigenvalue weighted by atomic mass is 10.5. The summed E-state index contributed by atoms with van der Waals surface area (Å²) in [5, 5.41) is 1.99. The van der Waals surface area contributed by atoms with Crippen LogP contribution in [0.2, 0.25) is 0 Å². The van der Waals surface area contributed by atoms with E-state index in [2.05, 4.69) is 9.97 Å². The summed E-state index contributed by atoms with van der Waals surface area (Å²) in [7, 11) is 0. The Morgan fingerprint density at radius 2 is 2.11 bits per heavy atom. The Labute approximate surface area is 56.2 Å². The van der Waals surface area contributed by atoms with Gasteiger partial charge in [-0.25, -0.2) is 4.98 Å². The molecule has 3 heteroatoms. The number of rotatable bonds is 0. The molecule has 0 fully saturated rings. The third-order valence-electron chi connectivity index (χ3n) is 1.10. The minimum absolute atomic E-state index is 0.988. The van der Waals surface area contributed by atoms with Gasteiger partial charge in [0.05, 0.1) is 5.52 Å². The first kappa shape index (κ1) is 4.88. The zero-order valence-electron chi connectivity index (χ0n) is 4.61. The smallest absolute Gasteiger partial charge is 0.141 e. The van der Waals surface area contributed by atoms with Gasteiger partial charge >= 0.3 is 0 Å². The molecule has 0 radical (unpaired) electrons. The maximum atomic E-state index is 4.10. The third kappa shape index (κ3) is 0.695.